The Morgan fingerprint density at radius 1 is 1.41 bits per heavy atom. The first kappa shape index (κ1) is 11.7. The number of carbonyl (C=O) groups is 1. The van der Waals surface area contributed by atoms with Gasteiger partial charge in [-0.1, -0.05) is 48.6 Å². The first-order valence-corrected chi connectivity index (χ1v) is 6.31. The summed E-state index contributed by atoms with van der Waals surface area (Å²) in [6.07, 6.45) is 0.759. The summed E-state index contributed by atoms with van der Waals surface area (Å²) in [6, 6.07) is 9.76. The molecule has 0 bridgehead atoms. The number of amides is 1. The predicted octanol–water partition coefficient (Wildman–Crippen LogP) is 2.67. The Morgan fingerprint density at radius 3 is 2.76 bits per heavy atom. The molecular weight excluding hydrogens is 234 g/mol. The second-order valence-electron chi connectivity index (χ2n) is 3.60. The number of aromatic nitrogens is 2. The molecule has 0 aliphatic heterocycles. The van der Waals surface area contributed by atoms with Gasteiger partial charge in [0.1, 0.15) is 5.51 Å². The lowest BCUT2D eigenvalue weighted by molar-refractivity contribution is -0.117. The molecule has 0 spiro atoms. The van der Waals surface area contributed by atoms with Crippen LogP contribution in [0.15, 0.2) is 35.8 Å². The molecule has 0 aliphatic carbocycles. The van der Waals surface area contributed by atoms with Crippen LogP contribution >= 0.6 is 11.3 Å². The maximum atomic E-state index is 12.1. The number of benzene rings is 1. The lowest BCUT2D eigenvalue weighted by atomic mass is 9.96. The molecule has 4 nitrogen and oxygen atoms in total. The van der Waals surface area contributed by atoms with Crippen LogP contribution in [0.3, 0.4) is 0 Å². The van der Waals surface area contributed by atoms with Crippen molar-refractivity contribution in [2.75, 3.05) is 5.32 Å². The minimum Gasteiger partial charge on any atom is -0.300 e. The molecule has 2 rings (SSSR count). The second kappa shape index (κ2) is 5.54. The monoisotopic (exact) mass is 247 g/mol. The van der Waals surface area contributed by atoms with E-state index in [2.05, 4.69) is 15.5 Å². The van der Waals surface area contributed by atoms with E-state index < -0.39 is 0 Å². The smallest absolute Gasteiger partial charge is 0.233 e. The van der Waals surface area contributed by atoms with Crippen molar-refractivity contribution in [3.8, 4) is 0 Å². The molecule has 88 valence electrons. The number of rotatable bonds is 4. The van der Waals surface area contributed by atoms with Crippen molar-refractivity contribution in [2.45, 2.75) is 19.3 Å². The summed E-state index contributed by atoms with van der Waals surface area (Å²) in [5.41, 5.74) is 2.62. The molecule has 0 saturated heterocycles. The number of carbonyl (C=O) groups excluding carboxylic acids is 1. The van der Waals surface area contributed by atoms with E-state index >= 15 is 0 Å². The largest absolute Gasteiger partial charge is 0.300 e. The summed E-state index contributed by atoms with van der Waals surface area (Å²) in [5.74, 6) is -0.171. The van der Waals surface area contributed by atoms with Crippen LogP contribution in [0.4, 0.5) is 5.13 Å². The second-order valence-corrected chi connectivity index (χ2v) is 4.44. The Hall–Kier alpha value is -1.75. The van der Waals surface area contributed by atoms with Gasteiger partial charge >= 0.3 is 0 Å². The van der Waals surface area contributed by atoms with E-state index in [0.717, 1.165) is 12.0 Å². The molecule has 1 unspecified atom stereocenters. The van der Waals surface area contributed by atoms with Crippen LogP contribution in [-0.2, 0) is 4.79 Å². The van der Waals surface area contributed by atoms with Gasteiger partial charge in [0.05, 0.1) is 5.92 Å². The molecule has 1 heterocycles. The Balaban J connectivity index is 2.11. The number of hydrogen-bond donors (Lipinski definition) is 1. The van der Waals surface area contributed by atoms with Crippen molar-refractivity contribution in [2.24, 2.45) is 0 Å². The molecule has 0 aliphatic rings. The normalized spacial score (nSPS) is 12.1. The summed E-state index contributed by atoms with van der Waals surface area (Å²) in [5, 5.41) is 10.8. The van der Waals surface area contributed by atoms with Gasteiger partial charge in [0, 0.05) is 0 Å². The molecule has 1 aromatic carbocycles. The summed E-state index contributed by atoms with van der Waals surface area (Å²) >= 11 is 1.32. The van der Waals surface area contributed by atoms with E-state index in [4.69, 9.17) is 0 Å². The standard InChI is InChI=1S/C12H13N3OS/c1-2-10(9-6-4-3-5-7-9)11(16)14-12-15-13-8-17-12/h3-8,10H,2H2,1H3,(H,14,15,16). The van der Waals surface area contributed by atoms with Gasteiger partial charge in [0.25, 0.3) is 0 Å². The van der Waals surface area contributed by atoms with Gasteiger partial charge in [0.2, 0.25) is 11.0 Å². The van der Waals surface area contributed by atoms with Crippen LogP contribution in [0.1, 0.15) is 24.8 Å². The molecule has 2 aromatic rings. The van der Waals surface area contributed by atoms with Gasteiger partial charge in [-0.15, -0.1) is 10.2 Å². The summed E-state index contributed by atoms with van der Waals surface area (Å²) in [7, 11) is 0. The summed E-state index contributed by atoms with van der Waals surface area (Å²) < 4.78 is 0. The van der Waals surface area contributed by atoms with Crippen molar-refractivity contribution in [1.29, 1.82) is 0 Å². The highest BCUT2D eigenvalue weighted by molar-refractivity contribution is 7.13. The fraction of sp³-hybridized carbons (Fsp3) is 0.250. The molecule has 17 heavy (non-hydrogen) atoms. The molecule has 0 saturated carbocycles. The Morgan fingerprint density at radius 2 is 2.18 bits per heavy atom. The van der Waals surface area contributed by atoms with Crippen molar-refractivity contribution in [3.63, 3.8) is 0 Å². The highest BCUT2D eigenvalue weighted by atomic mass is 32.1. The van der Waals surface area contributed by atoms with Crippen molar-refractivity contribution in [3.05, 3.63) is 41.4 Å². The van der Waals surface area contributed by atoms with Gasteiger partial charge in [-0.2, -0.15) is 0 Å². The first-order valence-electron chi connectivity index (χ1n) is 5.43. The molecule has 0 fully saturated rings. The Bertz CT molecular complexity index is 470. The number of nitrogens with zero attached hydrogens (tertiary/aromatic N) is 2. The lowest BCUT2D eigenvalue weighted by Gasteiger charge is -2.13. The average Bonchev–Trinajstić information content (AvgIpc) is 2.84. The fourth-order valence-electron chi connectivity index (χ4n) is 1.68. The SMILES string of the molecule is CCC(C(=O)Nc1nncs1)c1ccccc1. The lowest BCUT2D eigenvalue weighted by Crippen LogP contribution is -2.20. The van der Waals surface area contributed by atoms with Gasteiger partial charge < -0.3 is 5.32 Å². The van der Waals surface area contributed by atoms with E-state index in [-0.39, 0.29) is 11.8 Å². The van der Waals surface area contributed by atoms with Crippen LogP contribution in [-0.4, -0.2) is 16.1 Å². The quantitative estimate of drug-likeness (QED) is 0.903. The van der Waals surface area contributed by atoms with Gasteiger partial charge in [0.15, 0.2) is 0 Å². The van der Waals surface area contributed by atoms with E-state index in [1.807, 2.05) is 37.3 Å². The molecular formula is C12H13N3OS. The highest BCUT2D eigenvalue weighted by Crippen LogP contribution is 2.21. The van der Waals surface area contributed by atoms with Crippen LogP contribution < -0.4 is 5.32 Å². The van der Waals surface area contributed by atoms with Crippen LogP contribution in [0.25, 0.3) is 0 Å². The number of hydrogen-bond acceptors (Lipinski definition) is 4. The third kappa shape index (κ3) is 2.88. The minimum absolute atomic E-state index is 0.0320. The van der Waals surface area contributed by atoms with Gasteiger partial charge in [-0.25, -0.2) is 0 Å². The predicted molar refractivity (Wildman–Crippen MR) is 68.0 cm³/mol. The van der Waals surface area contributed by atoms with Crippen molar-refractivity contribution >= 4 is 22.4 Å². The zero-order chi connectivity index (χ0) is 12.1. The Kier molecular flexibility index (Phi) is 3.82. The number of nitrogens with one attached hydrogen (secondary N) is 1. The maximum Gasteiger partial charge on any atom is 0.233 e. The van der Waals surface area contributed by atoms with Crippen LogP contribution in [0, 0.1) is 0 Å². The molecule has 1 amide bonds. The summed E-state index contributed by atoms with van der Waals surface area (Å²) in [4.78, 5) is 12.1. The molecule has 1 atom stereocenters. The zero-order valence-corrected chi connectivity index (χ0v) is 10.3. The van der Waals surface area contributed by atoms with Crippen molar-refractivity contribution < 1.29 is 4.79 Å². The third-order valence-electron chi connectivity index (χ3n) is 2.52. The average molecular weight is 247 g/mol. The van der Waals surface area contributed by atoms with E-state index in [0.29, 0.717) is 5.13 Å². The first-order chi connectivity index (χ1) is 8.31. The topological polar surface area (TPSA) is 54.9 Å². The molecule has 0 radical (unpaired) electrons. The summed E-state index contributed by atoms with van der Waals surface area (Å²) in [6.45, 7) is 2.00. The zero-order valence-electron chi connectivity index (χ0n) is 9.46. The minimum atomic E-state index is -0.139. The van der Waals surface area contributed by atoms with E-state index in [1.54, 1.807) is 5.51 Å². The van der Waals surface area contributed by atoms with E-state index in [9.17, 15) is 4.79 Å². The molecule has 5 heteroatoms. The van der Waals surface area contributed by atoms with Gasteiger partial charge in [-0.3, -0.25) is 4.79 Å². The molecule has 1 N–H and O–H groups in total. The van der Waals surface area contributed by atoms with E-state index in [1.165, 1.54) is 11.3 Å². The van der Waals surface area contributed by atoms with Crippen LogP contribution in [0.5, 0.6) is 0 Å². The Labute approximate surface area is 104 Å². The third-order valence-corrected chi connectivity index (χ3v) is 3.12. The van der Waals surface area contributed by atoms with Crippen LogP contribution in [0.2, 0.25) is 0 Å². The molecule has 1 aromatic heterocycles. The number of anilines is 1. The fourth-order valence-corrected chi connectivity index (χ4v) is 2.13. The highest BCUT2D eigenvalue weighted by Gasteiger charge is 2.19. The van der Waals surface area contributed by atoms with Gasteiger partial charge in [-0.05, 0) is 12.0 Å². The van der Waals surface area contributed by atoms with Crippen molar-refractivity contribution in [1.82, 2.24) is 10.2 Å². The maximum absolute atomic E-state index is 12.1.